The summed E-state index contributed by atoms with van der Waals surface area (Å²) in [5.41, 5.74) is 1.84. The summed E-state index contributed by atoms with van der Waals surface area (Å²) in [6.07, 6.45) is -4.75. The predicted octanol–water partition coefficient (Wildman–Crippen LogP) is 5.08. The second-order valence-electron chi connectivity index (χ2n) is 5.15. The molecule has 0 aliphatic heterocycles. The van der Waals surface area contributed by atoms with Gasteiger partial charge in [0.15, 0.2) is 0 Å². The number of fused-ring (bicyclic) bond motifs is 1. The van der Waals surface area contributed by atoms with Crippen LogP contribution in [0.25, 0.3) is 11.0 Å². The highest BCUT2D eigenvalue weighted by Crippen LogP contribution is 2.31. The van der Waals surface area contributed by atoms with E-state index in [0.29, 0.717) is 22.4 Å². The summed E-state index contributed by atoms with van der Waals surface area (Å²) >= 11 is 3.03. The van der Waals surface area contributed by atoms with E-state index in [9.17, 15) is 17.6 Å². The van der Waals surface area contributed by atoms with Crippen LogP contribution in [0.3, 0.4) is 0 Å². The van der Waals surface area contributed by atoms with Crippen LogP contribution in [0, 0.1) is 5.82 Å². The number of nitrogens with zero attached hydrogens (tertiary/aromatic N) is 1. The van der Waals surface area contributed by atoms with Crippen LogP contribution in [0.4, 0.5) is 17.6 Å². The van der Waals surface area contributed by atoms with Crippen molar-refractivity contribution in [2.75, 3.05) is 0 Å². The average molecular weight is 419 g/mol. The van der Waals surface area contributed by atoms with Crippen LogP contribution in [0.2, 0.25) is 0 Å². The summed E-state index contributed by atoms with van der Waals surface area (Å²) in [7, 11) is 0. The number of H-pyrrole nitrogens is 1. The minimum atomic E-state index is -4.75. The van der Waals surface area contributed by atoms with Crippen molar-refractivity contribution in [3.63, 3.8) is 0 Å². The Balaban J connectivity index is 1.60. The highest BCUT2D eigenvalue weighted by molar-refractivity contribution is 9.10. The largest absolute Gasteiger partial charge is 0.573 e. The average Bonchev–Trinajstić information content (AvgIpc) is 2.90. The zero-order valence-electron chi connectivity index (χ0n) is 12.5. The van der Waals surface area contributed by atoms with Crippen LogP contribution in [0.5, 0.6) is 5.75 Å². The van der Waals surface area contributed by atoms with Gasteiger partial charge in [-0.2, -0.15) is 0 Å². The number of halogens is 5. The van der Waals surface area contributed by atoms with Crippen LogP contribution >= 0.6 is 15.9 Å². The molecule has 2 aromatic carbocycles. The lowest BCUT2D eigenvalue weighted by Crippen LogP contribution is -2.17. The van der Waals surface area contributed by atoms with E-state index in [1.807, 2.05) is 0 Å². The van der Waals surface area contributed by atoms with Gasteiger partial charge in [-0.25, -0.2) is 9.37 Å². The van der Waals surface area contributed by atoms with Crippen molar-refractivity contribution in [3.8, 4) is 5.75 Å². The number of nitrogens with one attached hydrogen (secondary N) is 1. The maximum Gasteiger partial charge on any atom is 0.573 e. The smallest absolute Gasteiger partial charge is 0.405 e. The van der Waals surface area contributed by atoms with Crippen LogP contribution in [0.1, 0.15) is 11.4 Å². The number of aromatic amines is 1. The fourth-order valence-corrected chi connectivity index (χ4v) is 2.71. The molecular formula is C16H11BrF4N2O2. The van der Waals surface area contributed by atoms with Gasteiger partial charge in [-0.1, -0.05) is 6.07 Å². The molecule has 0 atom stereocenters. The normalized spacial score (nSPS) is 11.9. The molecule has 0 bridgehead atoms. The molecule has 0 amide bonds. The third-order valence-corrected chi connectivity index (χ3v) is 3.84. The Morgan fingerprint density at radius 2 is 1.88 bits per heavy atom. The molecule has 0 radical (unpaired) electrons. The molecule has 1 N–H and O–H groups in total. The lowest BCUT2D eigenvalue weighted by molar-refractivity contribution is -0.274. The Morgan fingerprint density at radius 3 is 2.60 bits per heavy atom. The van der Waals surface area contributed by atoms with Crippen molar-refractivity contribution < 1.29 is 27.0 Å². The molecule has 25 heavy (non-hydrogen) atoms. The summed E-state index contributed by atoms with van der Waals surface area (Å²) in [5.74, 6) is -0.176. The standard InChI is InChI=1S/C16H11BrF4N2O2/c17-11-5-9(1-4-14(11)25-16(19,20)21)7-24-8-15-22-12-3-2-10(18)6-13(12)23-15/h1-6H,7-8H2,(H,22,23). The quantitative estimate of drug-likeness (QED) is 0.587. The van der Waals surface area contributed by atoms with Gasteiger partial charge < -0.3 is 14.5 Å². The molecule has 3 aromatic rings. The van der Waals surface area contributed by atoms with E-state index in [2.05, 4.69) is 30.6 Å². The van der Waals surface area contributed by atoms with E-state index < -0.39 is 6.36 Å². The van der Waals surface area contributed by atoms with Crippen LogP contribution in [-0.4, -0.2) is 16.3 Å². The molecule has 1 heterocycles. The van der Waals surface area contributed by atoms with Crippen molar-refractivity contribution in [1.29, 1.82) is 0 Å². The van der Waals surface area contributed by atoms with Gasteiger partial charge in [0.1, 0.15) is 24.0 Å². The van der Waals surface area contributed by atoms with Gasteiger partial charge in [-0.15, -0.1) is 13.2 Å². The maximum absolute atomic E-state index is 13.1. The molecule has 4 nitrogen and oxygen atoms in total. The van der Waals surface area contributed by atoms with Gasteiger partial charge in [-0.05, 0) is 45.8 Å². The lowest BCUT2D eigenvalue weighted by Gasteiger charge is -2.11. The van der Waals surface area contributed by atoms with E-state index in [-0.39, 0.29) is 29.3 Å². The second kappa shape index (κ2) is 7.01. The van der Waals surface area contributed by atoms with Crippen molar-refractivity contribution in [3.05, 3.63) is 58.1 Å². The first-order valence-electron chi connectivity index (χ1n) is 7.06. The van der Waals surface area contributed by atoms with Crippen LogP contribution in [-0.2, 0) is 18.0 Å². The number of alkyl halides is 3. The molecule has 9 heteroatoms. The van der Waals surface area contributed by atoms with E-state index in [1.165, 1.54) is 30.3 Å². The number of hydrogen-bond donors (Lipinski definition) is 1. The SMILES string of the molecule is Fc1ccc2[nH]c(COCc3ccc(OC(F)(F)F)c(Br)c3)nc2c1. The van der Waals surface area contributed by atoms with Gasteiger partial charge in [0.05, 0.1) is 22.1 Å². The van der Waals surface area contributed by atoms with E-state index in [0.717, 1.165) is 0 Å². The monoisotopic (exact) mass is 418 g/mol. The molecule has 3 rings (SSSR count). The van der Waals surface area contributed by atoms with Gasteiger partial charge in [0.2, 0.25) is 0 Å². The first-order chi connectivity index (χ1) is 11.8. The highest BCUT2D eigenvalue weighted by Gasteiger charge is 2.31. The zero-order valence-corrected chi connectivity index (χ0v) is 14.1. The Kier molecular flexibility index (Phi) is 4.96. The van der Waals surface area contributed by atoms with Crippen LogP contribution < -0.4 is 4.74 Å². The van der Waals surface area contributed by atoms with Crippen LogP contribution in [0.15, 0.2) is 40.9 Å². The minimum Gasteiger partial charge on any atom is -0.405 e. The van der Waals surface area contributed by atoms with Crippen molar-refractivity contribution in [2.24, 2.45) is 0 Å². The summed E-state index contributed by atoms with van der Waals surface area (Å²) in [4.78, 5) is 7.20. The minimum absolute atomic E-state index is 0.148. The number of ether oxygens (including phenoxy) is 2. The molecule has 132 valence electrons. The van der Waals surface area contributed by atoms with Gasteiger partial charge in [0.25, 0.3) is 0 Å². The number of hydrogen-bond acceptors (Lipinski definition) is 3. The van der Waals surface area contributed by atoms with Gasteiger partial charge in [0, 0.05) is 6.07 Å². The third kappa shape index (κ3) is 4.70. The topological polar surface area (TPSA) is 47.1 Å². The Hall–Kier alpha value is -2.13. The number of aromatic nitrogens is 2. The summed E-state index contributed by atoms with van der Waals surface area (Å²) in [6.45, 7) is 0.311. The van der Waals surface area contributed by atoms with Crippen molar-refractivity contribution in [2.45, 2.75) is 19.6 Å². The first-order valence-corrected chi connectivity index (χ1v) is 7.85. The van der Waals surface area contributed by atoms with E-state index in [4.69, 9.17) is 4.74 Å². The molecule has 0 fully saturated rings. The molecule has 0 aliphatic rings. The van der Waals surface area contributed by atoms with Gasteiger partial charge >= 0.3 is 6.36 Å². The molecular weight excluding hydrogens is 408 g/mol. The first kappa shape index (κ1) is 17.7. The van der Waals surface area contributed by atoms with Crippen molar-refractivity contribution >= 4 is 27.0 Å². The number of benzene rings is 2. The molecule has 0 saturated heterocycles. The third-order valence-electron chi connectivity index (χ3n) is 3.22. The Morgan fingerprint density at radius 1 is 1.08 bits per heavy atom. The molecule has 0 aliphatic carbocycles. The molecule has 0 unspecified atom stereocenters. The Labute approximate surface area is 147 Å². The van der Waals surface area contributed by atoms with E-state index in [1.54, 1.807) is 6.07 Å². The summed E-state index contributed by atoms with van der Waals surface area (Å²) in [5, 5.41) is 0. The zero-order chi connectivity index (χ0) is 18.0. The van der Waals surface area contributed by atoms with Gasteiger partial charge in [-0.3, -0.25) is 0 Å². The Bertz CT molecular complexity index is 895. The van der Waals surface area contributed by atoms with E-state index >= 15 is 0 Å². The fraction of sp³-hybridized carbons (Fsp3) is 0.188. The predicted molar refractivity (Wildman–Crippen MR) is 85.4 cm³/mol. The molecule has 1 aromatic heterocycles. The van der Waals surface area contributed by atoms with Crippen molar-refractivity contribution in [1.82, 2.24) is 9.97 Å². The molecule has 0 spiro atoms. The number of imidazole rings is 1. The summed E-state index contributed by atoms with van der Waals surface area (Å²) < 4.78 is 59.3. The lowest BCUT2D eigenvalue weighted by atomic mass is 10.2. The highest BCUT2D eigenvalue weighted by atomic mass is 79.9. The summed E-state index contributed by atoms with van der Waals surface area (Å²) in [6, 6.07) is 8.38. The second-order valence-corrected chi connectivity index (χ2v) is 6.00. The maximum atomic E-state index is 13.1. The fourth-order valence-electron chi connectivity index (χ4n) is 2.21. The molecule has 0 saturated carbocycles. The number of rotatable bonds is 5.